The number of carbonyl (C=O) groups excluding carboxylic acids is 2. The number of hydrogen-bond donors (Lipinski definition) is 0. The van der Waals surface area contributed by atoms with E-state index in [0.717, 1.165) is 0 Å². The lowest BCUT2D eigenvalue weighted by molar-refractivity contribution is -0.384. The maximum Gasteiger partial charge on any atom is 0.338 e. The molecule has 1 saturated heterocycles. The van der Waals surface area contributed by atoms with Gasteiger partial charge in [0, 0.05) is 32.2 Å². The van der Waals surface area contributed by atoms with Crippen LogP contribution < -0.4 is 4.90 Å². The van der Waals surface area contributed by atoms with Gasteiger partial charge >= 0.3 is 5.97 Å². The Hall–Kier alpha value is -2.68. The van der Waals surface area contributed by atoms with Crippen LogP contribution in [0, 0.1) is 10.1 Å². The van der Waals surface area contributed by atoms with E-state index in [1.54, 1.807) is 0 Å². The van der Waals surface area contributed by atoms with E-state index in [4.69, 9.17) is 9.47 Å². The van der Waals surface area contributed by atoms with Crippen LogP contribution in [-0.4, -0.2) is 67.7 Å². The van der Waals surface area contributed by atoms with Gasteiger partial charge in [0.1, 0.15) is 5.69 Å². The second-order valence-corrected chi connectivity index (χ2v) is 5.70. The minimum atomic E-state index is -0.762. The Bertz CT molecular complexity index is 668. The van der Waals surface area contributed by atoms with E-state index >= 15 is 0 Å². The molecule has 0 radical (unpaired) electrons. The summed E-state index contributed by atoms with van der Waals surface area (Å²) in [5.41, 5.74) is 0.312. The summed E-state index contributed by atoms with van der Waals surface area (Å²) in [5, 5.41) is 11.4. The number of morpholine rings is 1. The Morgan fingerprint density at radius 2 is 1.92 bits per heavy atom. The van der Waals surface area contributed by atoms with Gasteiger partial charge < -0.3 is 19.3 Å². The van der Waals surface area contributed by atoms with Crippen molar-refractivity contribution in [1.29, 1.82) is 0 Å². The first-order valence-electron chi connectivity index (χ1n) is 8.54. The summed E-state index contributed by atoms with van der Waals surface area (Å²) < 4.78 is 10.3. The molecule has 0 unspecified atom stereocenters. The average molecular weight is 365 g/mol. The van der Waals surface area contributed by atoms with Gasteiger partial charge in [-0.1, -0.05) is 0 Å². The standard InChI is InChI=1S/C17H23N3O6/c1-3-18(4-2)16(21)12-26-17(22)13-5-6-14(15(11-13)20(23)24)19-7-9-25-10-8-19/h5-6,11H,3-4,7-10,12H2,1-2H3. The molecule has 1 aliphatic heterocycles. The lowest BCUT2D eigenvalue weighted by atomic mass is 10.1. The van der Waals surface area contributed by atoms with E-state index in [1.165, 1.54) is 23.1 Å². The van der Waals surface area contributed by atoms with Crippen LogP contribution >= 0.6 is 0 Å². The van der Waals surface area contributed by atoms with Gasteiger partial charge in [-0.25, -0.2) is 4.79 Å². The van der Waals surface area contributed by atoms with Gasteiger partial charge in [-0.05, 0) is 26.0 Å². The van der Waals surface area contributed by atoms with Gasteiger partial charge in [0.2, 0.25) is 0 Å². The fourth-order valence-corrected chi connectivity index (χ4v) is 2.75. The highest BCUT2D eigenvalue weighted by Gasteiger charge is 2.24. The van der Waals surface area contributed by atoms with E-state index in [-0.39, 0.29) is 23.8 Å². The molecule has 2 rings (SSSR count). The number of ether oxygens (including phenoxy) is 2. The Morgan fingerprint density at radius 3 is 2.50 bits per heavy atom. The molecule has 1 fully saturated rings. The quantitative estimate of drug-likeness (QED) is 0.409. The number of anilines is 1. The molecule has 1 heterocycles. The number of esters is 1. The molecule has 1 amide bonds. The predicted molar refractivity (Wildman–Crippen MR) is 94.3 cm³/mol. The number of nitro groups is 1. The van der Waals surface area contributed by atoms with Gasteiger partial charge in [-0.3, -0.25) is 14.9 Å². The minimum Gasteiger partial charge on any atom is -0.452 e. The zero-order valence-electron chi connectivity index (χ0n) is 15.0. The predicted octanol–water partition coefficient (Wildman–Crippen LogP) is 1.46. The molecular formula is C17H23N3O6. The van der Waals surface area contributed by atoms with Crippen molar-refractivity contribution in [3.05, 3.63) is 33.9 Å². The number of rotatable bonds is 7. The lowest BCUT2D eigenvalue weighted by Crippen LogP contribution is -2.36. The molecule has 26 heavy (non-hydrogen) atoms. The fraction of sp³-hybridized carbons (Fsp3) is 0.529. The molecule has 0 aromatic heterocycles. The summed E-state index contributed by atoms with van der Waals surface area (Å²) in [6.07, 6.45) is 0. The second-order valence-electron chi connectivity index (χ2n) is 5.70. The van der Waals surface area contributed by atoms with E-state index in [0.29, 0.717) is 45.1 Å². The summed E-state index contributed by atoms with van der Waals surface area (Å²) in [6, 6.07) is 4.20. The average Bonchev–Trinajstić information content (AvgIpc) is 2.67. The van der Waals surface area contributed by atoms with Crippen molar-refractivity contribution in [2.45, 2.75) is 13.8 Å². The molecule has 0 bridgehead atoms. The van der Waals surface area contributed by atoms with Crippen molar-refractivity contribution in [3.8, 4) is 0 Å². The number of hydrogen-bond acceptors (Lipinski definition) is 7. The third kappa shape index (κ3) is 4.69. The minimum absolute atomic E-state index is 0.0426. The number of amides is 1. The monoisotopic (exact) mass is 365 g/mol. The highest BCUT2D eigenvalue weighted by atomic mass is 16.6. The van der Waals surface area contributed by atoms with Gasteiger partial charge in [0.25, 0.3) is 11.6 Å². The highest BCUT2D eigenvalue weighted by molar-refractivity contribution is 5.93. The van der Waals surface area contributed by atoms with Crippen LogP contribution in [0.1, 0.15) is 24.2 Å². The molecule has 1 aromatic rings. The molecule has 142 valence electrons. The smallest absolute Gasteiger partial charge is 0.338 e. The highest BCUT2D eigenvalue weighted by Crippen LogP contribution is 2.30. The molecule has 0 spiro atoms. The van der Waals surface area contributed by atoms with Crippen LogP contribution in [0.2, 0.25) is 0 Å². The first kappa shape index (κ1) is 19.6. The van der Waals surface area contributed by atoms with Gasteiger partial charge in [-0.2, -0.15) is 0 Å². The third-order valence-electron chi connectivity index (χ3n) is 4.20. The van der Waals surface area contributed by atoms with Crippen LogP contribution in [0.15, 0.2) is 18.2 Å². The Balaban J connectivity index is 2.11. The molecule has 0 N–H and O–H groups in total. The zero-order valence-corrected chi connectivity index (χ0v) is 15.0. The van der Waals surface area contributed by atoms with E-state index in [1.807, 2.05) is 18.7 Å². The van der Waals surface area contributed by atoms with Gasteiger partial charge in [0.05, 0.1) is 23.7 Å². The van der Waals surface area contributed by atoms with Crippen molar-refractivity contribution in [2.75, 3.05) is 50.9 Å². The normalized spacial score (nSPS) is 14.0. The van der Waals surface area contributed by atoms with E-state index in [2.05, 4.69) is 0 Å². The maximum absolute atomic E-state index is 12.2. The van der Waals surface area contributed by atoms with Gasteiger partial charge in [0.15, 0.2) is 6.61 Å². The first-order chi connectivity index (χ1) is 12.5. The number of carbonyl (C=O) groups is 2. The van der Waals surface area contributed by atoms with Crippen LogP contribution in [0.25, 0.3) is 0 Å². The van der Waals surface area contributed by atoms with Crippen molar-refractivity contribution < 1.29 is 24.0 Å². The van der Waals surface area contributed by atoms with Crippen LogP contribution in [0.3, 0.4) is 0 Å². The molecular weight excluding hydrogens is 342 g/mol. The number of likely N-dealkylation sites (N-methyl/N-ethyl adjacent to an activating group) is 1. The molecule has 0 atom stereocenters. The second kappa shape index (κ2) is 9.14. The zero-order chi connectivity index (χ0) is 19.1. The molecule has 1 aromatic carbocycles. The summed E-state index contributed by atoms with van der Waals surface area (Å²) in [5.74, 6) is -1.06. The summed E-state index contributed by atoms with van der Waals surface area (Å²) in [7, 11) is 0. The molecule has 9 nitrogen and oxygen atoms in total. The van der Waals surface area contributed by atoms with Crippen molar-refractivity contribution in [2.24, 2.45) is 0 Å². The lowest BCUT2D eigenvalue weighted by Gasteiger charge is -2.28. The largest absolute Gasteiger partial charge is 0.452 e. The summed E-state index contributed by atoms with van der Waals surface area (Å²) >= 11 is 0. The Labute approximate surface area is 151 Å². The van der Waals surface area contributed by atoms with Crippen LogP contribution in [0.5, 0.6) is 0 Å². The molecule has 9 heteroatoms. The third-order valence-corrected chi connectivity index (χ3v) is 4.20. The molecule has 0 aliphatic carbocycles. The number of benzene rings is 1. The van der Waals surface area contributed by atoms with Crippen LogP contribution in [0.4, 0.5) is 11.4 Å². The first-order valence-corrected chi connectivity index (χ1v) is 8.54. The van der Waals surface area contributed by atoms with Crippen molar-refractivity contribution in [1.82, 2.24) is 4.90 Å². The SMILES string of the molecule is CCN(CC)C(=O)COC(=O)c1ccc(N2CCOCC2)c([N+](=O)[O-])c1. The van der Waals surface area contributed by atoms with Crippen molar-refractivity contribution >= 4 is 23.3 Å². The summed E-state index contributed by atoms with van der Waals surface area (Å²) in [4.78, 5) is 38.3. The number of nitro benzene ring substituents is 1. The van der Waals surface area contributed by atoms with Crippen LogP contribution in [-0.2, 0) is 14.3 Å². The molecule has 1 aliphatic rings. The molecule has 0 saturated carbocycles. The summed E-state index contributed by atoms with van der Waals surface area (Å²) in [6.45, 7) is 6.39. The van der Waals surface area contributed by atoms with E-state index in [9.17, 15) is 19.7 Å². The Morgan fingerprint density at radius 1 is 1.27 bits per heavy atom. The topological polar surface area (TPSA) is 102 Å². The fourth-order valence-electron chi connectivity index (χ4n) is 2.75. The van der Waals surface area contributed by atoms with Gasteiger partial charge in [-0.15, -0.1) is 0 Å². The Kier molecular flexibility index (Phi) is 6.90. The van der Waals surface area contributed by atoms with Crippen molar-refractivity contribution in [3.63, 3.8) is 0 Å². The van der Waals surface area contributed by atoms with E-state index < -0.39 is 10.9 Å². The maximum atomic E-state index is 12.2. The number of nitrogens with zero attached hydrogens (tertiary/aromatic N) is 3.